The maximum Gasteiger partial charge on any atom is 0.264 e. The van der Waals surface area contributed by atoms with Gasteiger partial charge in [0.15, 0.2) is 0 Å². The first kappa shape index (κ1) is 17.1. The van der Waals surface area contributed by atoms with Crippen LogP contribution in [0.2, 0.25) is 0 Å². The molecule has 0 N–H and O–H groups in total. The number of rotatable bonds is 7. The highest BCUT2D eigenvalue weighted by molar-refractivity contribution is 7.85. The molecule has 0 aliphatic heterocycles. The molecular formula is C15H24O4S. The summed E-state index contributed by atoms with van der Waals surface area (Å²) in [6, 6.07) is 9.89. The second-order valence-electron chi connectivity index (χ2n) is 6.05. The normalized spacial score (nSPS) is 14.2. The van der Waals surface area contributed by atoms with Gasteiger partial charge in [0, 0.05) is 5.92 Å². The topological polar surface area (TPSA) is 52.6 Å². The summed E-state index contributed by atoms with van der Waals surface area (Å²) in [7, 11) is -3.41. The second-order valence-corrected chi connectivity index (χ2v) is 7.70. The Morgan fingerprint density at radius 2 is 1.70 bits per heavy atom. The molecule has 5 heteroatoms. The fraction of sp³-hybridized carbons (Fsp3) is 0.600. The monoisotopic (exact) mass is 300 g/mol. The van der Waals surface area contributed by atoms with Crippen LogP contribution in [0, 0.1) is 11.3 Å². The Bertz CT molecular complexity index is 488. The van der Waals surface area contributed by atoms with Crippen molar-refractivity contribution in [2.45, 2.75) is 27.4 Å². The minimum Gasteiger partial charge on any atom is -0.376 e. The zero-order chi connectivity index (χ0) is 15.2. The molecule has 0 heterocycles. The van der Waals surface area contributed by atoms with Crippen LogP contribution in [0.25, 0.3) is 0 Å². The lowest BCUT2D eigenvalue weighted by molar-refractivity contribution is 0.0238. The lowest BCUT2D eigenvalue weighted by atomic mass is 9.82. The lowest BCUT2D eigenvalue weighted by Crippen LogP contribution is -2.30. The van der Waals surface area contributed by atoms with E-state index in [0.29, 0.717) is 13.2 Å². The summed E-state index contributed by atoms with van der Waals surface area (Å²) in [5, 5.41) is 0. The molecule has 4 nitrogen and oxygen atoms in total. The predicted molar refractivity (Wildman–Crippen MR) is 79.8 cm³/mol. The van der Waals surface area contributed by atoms with Crippen molar-refractivity contribution < 1.29 is 17.3 Å². The number of hydrogen-bond acceptors (Lipinski definition) is 4. The fourth-order valence-corrected chi connectivity index (χ4v) is 2.06. The van der Waals surface area contributed by atoms with Crippen LogP contribution in [0.15, 0.2) is 30.3 Å². The van der Waals surface area contributed by atoms with Gasteiger partial charge in [-0.3, -0.25) is 4.18 Å². The van der Waals surface area contributed by atoms with Crippen LogP contribution in [0.5, 0.6) is 0 Å². The van der Waals surface area contributed by atoms with Crippen molar-refractivity contribution >= 4 is 10.1 Å². The third-order valence-electron chi connectivity index (χ3n) is 3.14. The van der Waals surface area contributed by atoms with Gasteiger partial charge in [-0.1, -0.05) is 51.1 Å². The van der Waals surface area contributed by atoms with E-state index in [2.05, 4.69) is 20.8 Å². The van der Waals surface area contributed by atoms with Crippen LogP contribution >= 0.6 is 0 Å². The quantitative estimate of drug-likeness (QED) is 0.727. The van der Waals surface area contributed by atoms with Gasteiger partial charge in [-0.25, -0.2) is 0 Å². The molecule has 114 valence electrons. The van der Waals surface area contributed by atoms with Gasteiger partial charge in [0.2, 0.25) is 0 Å². The van der Waals surface area contributed by atoms with E-state index in [9.17, 15) is 8.42 Å². The van der Waals surface area contributed by atoms with E-state index in [0.717, 1.165) is 11.8 Å². The summed E-state index contributed by atoms with van der Waals surface area (Å²) in [6.07, 6.45) is 1.07. The molecule has 0 aromatic heterocycles. The highest BCUT2D eigenvalue weighted by Gasteiger charge is 2.26. The third kappa shape index (κ3) is 7.03. The summed E-state index contributed by atoms with van der Waals surface area (Å²) >= 11 is 0. The van der Waals surface area contributed by atoms with E-state index >= 15 is 0 Å². The van der Waals surface area contributed by atoms with E-state index in [1.807, 2.05) is 30.3 Å². The first-order valence-corrected chi connectivity index (χ1v) is 8.46. The fourth-order valence-electron chi connectivity index (χ4n) is 1.65. The molecule has 1 atom stereocenters. The van der Waals surface area contributed by atoms with E-state index < -0.39 is 10.1 Å². The van der Waals surface area contributed by atoms with Crippen molar-refractivity contribution in [2.75, 3.05) is 19.5 Å². The van der Waals surface area contributed by atoms with E-state index in [1.165, 1.54) is 0 Å². The van der Waals surface area contributed by atoms with Crippen LogP contribution in [0.3, 0.4) is 0 Å². The van der Waals surface area contributed by atoms with Crippen LogP contribution in [-0.2, 0) is 25.6 Å². The van der Waals surface area contributed by atoms with Gasteiger partial charge in [0.25, 0.3) is 10.1 Å². The van der Waals surface area contributed by atoms with Crippen molar-refractivity contribution in [3.63, 3.8) is 0 Å². The van der Waals surface area contributed by atoms with E-state index in [4.69, 9.17) is 8.92 Å². The standard InChI is InChI=1S/C15H24O4S/c1-15(2,3)14(12-19-20(4,16)17)11-18-10-13-8-6-5-7-9-13/h5-9,14H,10-12H2,1-4H3. The number of hydrogen-bond donors (Lipinski definition) is 0. The van der Waals surface area contributed by atoms with Crippen molar-refractivity contribution in [3.8, 4) is 0 Å². The molecule has 0 saturated carbocycles. The molecule has 0 amide bonds. The summed E-state index contributed by atoms with van der Waals surface area (Å²) < 4.78 is 32.8. The summed E-state index contributed by atoms with van der Waals surface area (Å²) in [5.74, 6) is 0.0148. The molecule has 1 unspecified atom stereocenters. The summed E-state index contributed by atoms with van der Waals surface area (Å²) in [5.41, 5.74) is 1.02. The maximum atomic E-state index is 11.1. The van der Waals surface area contributed by atoms with Crippen LogP contribution in [-0.4, -0.2) is 27.9 Å². The number of benzene rings is 1. The Balaban J connectivity index is 2.49. The molecule has 1 aromatic carbocycles. The summed E-state index contributed by atoms with van der Waals surface area (Å²) in [6.45, 7) is 7.29. The Labute approximate surface area is 122 Å². The van der Waals surface area contributed by atoms with Crippen molar-refractivity contribution in [1.82, 2.24) is 0 Å². The average molecular weight is 300 g/mol. The van der Waals surface area contributed by atoms with E-state index in [1.54, 1.807) is 0 Å². The Hall–Kier alpha value is -0.910. The van der Waals surface area contributed by atoms with Gasteiger partial charge in [0.05, 0.1) is 26.1 Å². The molecule has 0 radical (unpaired) electrons. The van der Waals surface area contributed by atoms with E-state index in [-0.39, 0.29) is 17.9 Å². The first-order valence-electron chi connectivity index (χ1n) is 6.64. The van der Waals surface area contributed by atoms with Gasteiger partial charge in [0.1, 0.15) is 0 Å². The van der Waals surface area contributed by atoms with Gasteiger partial charge < -0.3 is 4.74 Å². The van der Waals surface area contributed by atoms with Crippen LogP contribution in [0.4, 0.5) is 0 Å². The average Bonchev–Trinajstić information content (AvgIpc) is 2.32. The molecule has 0 spiro atoms. The highest BCUT2D eigenvalue weighted by atomic mass is 32.2. The number of ether oxygens (including phenoxy) is 1. The van der Waals surface area contributed by atoms with Gasteiger partial charge in [-0.05, 0) is 11.0 Å². The first-order chi connectivity index (χ1) is 9.18. The van der Waals surface area contributed by atoms with Crippen molar-refractivity contribution in [3.05, 3.63) is 35.9 Å². The molecule has 1 aromatic rings. The van der Waals surface area contributed by atoms with Crippen LogP contribution in [0.1, 0.15) is 26.3 Å². The zero-order valence-electron chi connectivity index (χ0n) is 12.6. The van der Waals surface area contributed by atoms with Crippen LogP contribution < -0.4 is 0 Å². The van der Waals surface area contributed by atoms with Crippen molar-refractivity contribution in [2.24, 2.45) is 11.3 Å². The largest absolute Gasteiger partial charge is 0.376 e. The summed E-state index contributed by atoms with van der Waals surface area (Å²) in [4.78, 5) is 0. The van der Waals surface area contributed by atoms with Gasteiger partial charge >= 0.3 is 0 Å². The minimum absolute atomic E-state index is 0.0148. The molecule has 0 aliphatic carbocycles. The molecule has 20 heavy (non-hydrogen) atoms. The Morgan fingerprint density at radius 1 is 1.10 bits per heavy atom. The maximum absolute atomic E-state index is 11.1. The lowest BCUT2D eigenvalue weighted by Gasteiger charge is -2.29. The molecular weight excluding hydrogens is 276 g/mol. The predicted octanol–water partition coefficient (Wildman–Crippen LogP) is 2.84. The van der Waals surface area contributed by atoms with Gasteiger partial charge in [-0.2, -0.15) is 8.42 Å². The minimum atomic E-state index is -3.41. The molecule has 1 rings (SSSR count). The smallest absolute Gasteiger partial charge is 0.264 e. The molecule has 0 saturated heterocycles. The molecule has 0 aliphatic rings. The molecule has 0 fully saturated rings. The highest BCUT2D eigenvalue weighted by Crippen LogP contribution is 2.27. The SMILES string of the molecule is CC(C)(C)C(COCc1ccccc1)COS(C)(=O)=O. The third-order valence-corrected chi connectivity index (χ3v) is 3.70. The zero-order valence-corrected chi connectivity index (χ0v) is 13.4. The Kier molecular flexibility index (Phi) is 6.17. The Morgan fingerprint density at radius 3 is 2.20 bits per heavy atom. The molecule has 0 bridgehead atoms. The second kappa shape index (κ2) is 7.20. The van der Waals surface area contributed by atoms with Crippen molar-refractivity contribution in [1.29, 1.82) is 0 Å². The van der Waals surface area contributed by atoms with Gasteiger partial charge in [-0.15, -0.1) is 0 Å².